The zero-order valence-corrected chi connectivity index (χ0v) is 19.7. The van der Waals surface area contributed by atoms with Gasteiger partial charge in [0.2, 0.25) is 0 Å². The van der Waals surface area contributed by atoms with E-state index in [0.717, 1.165) is 37.6 Å². The van der Waals surface area contributed by atoms with Gasteiger partial charge in [0, 0.05) is 19.1 Å². The third kappa shape index (κ3) is 4.90. The van der Waals surface area contributed by atoms with Crippen LogP contribution in [-0.4, -0.2) is 37.2 Å². The first kappa shape index (κ1) is 22.1. The fourth-order valence-corrected chi connectivity index (χ4v) is 5.17. The lowest BCUT2D eigenvalue weighted by Gasteiger charge is -2.41. The number of hydrogen-bond acceptors (Lipinski definition) is 4. The largest absolute Gasteiger partial charge is 0.490 e. The Morgan fingerprint density at radius 3 is 2.29 bits per heavy atom. The molecular formula is C27H37NO3. The molecule has 0 radical (unpaired) electrons. The lowest BCUT2D eigenvalue weighted by Crippen LogP contribution is -2.51. The molecule has 4 heteroatoms. The van der Waals surface area contributed by atoms with Gasteiger partial charge in [0.15, 0.2) is 0 Å². The van der Waals surface area contributed by atoms with Crippen LogP contribution in [0.4, 0.5) is 0 Å². The number of rotatable bonds is 5. The number of hydrogen-bond donors (Lipinski definition) is 0. The van der Waals surface area contributed by atoms with Crippen molar-refractivity contribution in [2.24, 2.45) is 17.3 Å². The highest BCUT2D eigenvalue weighted by atomic mass is 16.5. The number of fused-ring (bicyclic) bond motifs is 1. The maximum atomic E-state index is 11.6. The Hall–Kier alpha value is -2.07. The Morgan fingerprint density at radius 2 is 1.65 bits per heavy atom. The first-order valence-electron chi connectivity index (χ1n) is 11.8. The van der Waals surface area contributed by atoms with E-state index >= 15 is 0 Å². The van der Waals surface area contributed by atoms with Crippen molar-refractivity contribution in [2.75, 3.05) is 20.2 Å². The molecule has 1 saturated carbocycles. The molecule has 1 aliphatic carbocycles. The number of ether oxygens (including phenoxy) is 2. The summed E-state index contributed by atoms with van der Waals surface area (Å²) in [5, 5.41) is 2.45. The minimum Gasteiger partial charge on any atom is -0.490 e. The van der Waals surface area contributed by atoms with Gasteiger partial charge in [-0.05, 0) is 78.5 Å². The number of carbonyl (C=O) groups excluding carboxylic acids is 1. The van der Waals surface area contributed by atoms with E-state index in [-0.39, 0.29) is 11.9 Å². The number of benzene rings is 2. The van der Waals surface area contributed by atoms with E-state index in [9.17, 15) is 4.79 Å². The van der Waals surface area contributed by atoms with Crippen molar-refractivity contribution >= 4 is 16.7 Å². The van der Waals surface area contributed by atoms with Gasteiger partial charge in [-0.2, -0.15) is 0 Å². The van der Waals surface area contributed by atoms with Crippen LogP contribution >= 0.6 is 0 Å². The van der Waals surface area contributed by atoms with E-state index in [1.54, 1.807) is 0 Å². The van der Waals surface area contributed by atoms with Crippen LogP contribution in [0.2, 0.25) is 0 Å². The van der Waals surface area contributed by atoms with Gasteiger partial charge in [-0.1, -0.05) is 39.0 Å². The molecule has 0 amide bonds. The number of methoxy groups -OCH3 is 1. The molecule has 4 nitrogen and oxygen atoms in total. The molecule has 0 bridgehead atoms. The molecule has 0 N–H and O–H groups in total. The van der Waals surface area contributed by atoms with Gasteiger partial charge in [-0.3, -0.25) is 9.69 Å². The van der Waals surface area contributed by atoms with E-state index in [2.05, 4.69) is 69.0 Å². The fourth-order valence-electron chi connectivity index (χ4n) is 5.17. The Bertz CT molecular complexity index is 918. The van der Waals surface area contributed by atoms with Crippen molar-refractivity contribution in [1.82, 2.24) is 4.90 Å². The van der Waals surface area contributed by atoms with Crippen LogP contribution in [0.1, 0.15) is 65.0 Å². The molecule has 168 valence electrons. The number of esters is 1. The summed E-state index contributed by atoms with van der Waals surface area (Å²) in [6, 6.07) is 13.4. The summed E-state index contributed by atoms with van der Waals surface area (Å²) < 4.78 is 11.2. The van der Waals surface area contributed by atoms with Gasteiger partial charge in [-0.25, -0.2) is 0 Å². The summed E-state index contributed by atoms with van der Waals surface area (Å²) in [7, 11) is 1.46. The summed E-state index contributed by atoms with van der Waals surface area (Å²) in [5.74, 6) is 1.71. The average Bonchev–Trinajstić information content (AvgIpc) is 2.71. The molecule has 2 aliphatic rings. The summed E-state index contributed by atoms with van der Waals surface area (Å²) in [6.07, 6.45) is 5.16. The first-order valence-corrected chi connectivity index (χ1v) is 11.8. The molecule has 1 heterocycles. The lowest BCUT2D eigenvalue weighted by molar-refractivity contribution is -0.152. The van der Waals surface area contributed by atoms with Crippen LogP contribution in [0, 0.1) is 17.3 Å². The molecule has 2 aromatic rings. The number of nitrogens with zero attached hydrogens (tertiary/aromatic N) is 1. The molecule has 31 heavy (non-hydrogen) atoms. The zero-order chi connectivity index (χ0) is 22.2. The molecular weight excluding hydrogens is 386 g/mol. The fraction of sp³-hybridized carbons (Fsp3) is 0.593. The van der Waals surface area contributed by atoms with Crippen molar-refractivity contribution in [3.05, 3.63) is 42.0 Å². The van der Waals surface area contributed by atoms with Crippen LogP contribution in [0.25, 0.3) is 10.8 Å². The standard InChI is InChI=1S/C27H37NO3/c1-18(28-16-22(17-28)26(29)30-5)19-6-7-21-15-25(11-8-20(21)14-19)31-24-12-9-23(10-13-24)27(2,3)4/h6-8,11,14-15,18,22-24H,9-10,12-13,16-17H2,1-5H3/t18?,23-,24-. The van der Waals surface area contributed by atoms with E-state index in [1.165, 1.54) is 36.3 Å². The van der Waals surface area contributed by atoms with Gasteiger partial charge >= 0.3 is 5.97 Å². The second-order valence-electron chi connectivity index (χ2n) is 10.6. The summed E-state index contributed by atoms with van der Waals surface area (Å²) in [6.45, 7) is 10.8. The van der Waals surface area contributed by atoms with E-state index in [0.29, 0.717) is 17.6 Å². The topological polar surface area (TPSA) is 38.8 Å². The van der Waals surface area contributed by atoms with Crippen LogP contribution < -0.4 is 4.74 Å². The normalized spacial score (nSPS) is 23.9. The smallest absolute Gasteiger partial charge is 0.311 e. The quantitative estimate of drug-likeness (QED) is 0.554. The number of likely N-dealkylation sites (tertiary alicyclic amines) is 1. The minimum atomic E-state index is -0.0959. The molecule has 1 saturated heterocycles. The molecule has 1 atom stereocenters. The minimum absolute atomic E-state index is 0.0195. The Balaban J connectivity index is 1.37. The Morgan fingerprint density at radius 1 is 1.00 bits per heavy atom. The summed E-state index contributed by atoms with van der Waals surface area (Å²) in [4.78, 5) is 14.0. The first-order chi connectivity index (χ1) is 14.7. The van der Waals surface area contributed by atoms with Gasteiger partial charge < -0.3 is 9.47 Å². The third-order valence-electron chi connectivity index (χ3n) is 7.51. The molecule has 4 rings (SSSR count). The van der Waals surface area contributed by atoms with Crippen molar-refractivity contribution in [3.8, 4) is 5.75 Å². The van der Waals surface area contributed by atoms with Crippen molar-refractivity contribution in [1.29, 1.82) is 0 Å². The lowest BCUT2D eigenvalue weighted by atomic mass is 9.72. The predicted octanol–water partition coefficient (Wildman–Crippen LogP) is 5.99. The van der Waals surface area contributed by atoms with E-state index in [4.69, 9.17) is 9.47 Å². The van der Waals surface area contributed by atoms with Crippen molar-refractivity contribution in [2.45, 2.75) is 65.5 Å². The molecule has 2 aromatic carbocycles. The molecule has 0 spiro atoms. The summed E-state index contributed by atoms with van der Waals surface area (Å²) in [5.41, 5.74) is 1.68. The van der Waals surface area contributed by atoms with E-state index < -0.39 is 0 Å². The second-order valence-corrected chi connectivity index (χ2v) is 10.6. The van der Waals surface area contributed by atoms with Crippen molar-refractivity contribution in [3.63, 3.8) is 0 Å². The SMILES string of the molecule is COC(=O)C1CN(C(C)c2ccc3cc(O[C@H]4CC[C@H](C(C)(C)C)CC4)ccc3c2)C1. The Labute approximate surface area is 186 Å². The van der Waals surface area contributed by atoms with E-state index in [1.807, 2.05) is 0 Å². The number of carbonyl (C=O) groups is 1. The highest BCUT2D eigenvalue weighted by molar-refractivity contribution is 5.84. The highest BCUT2D eigenvalue weighted by Gasteiger charge is 2.36. The van der Waals surface area contributed by atoms with Crippen LogP contribution in [0.3, 0.4) is 0 Å². The Kier molecular flexibility index (Phi) is 6.30. The maximum Gasteiger partial charge on any atom is 0.311 e. The monoisotopic (exact) mass is 423 g/mol. The van der Waals surface area contributed by atoms with Gasteiger partial charge in [-0.15, -0.1) is 0 Å². The molecule has 1 unspecified atom stereocenters. The second kappa shape index (κ2) is 8.82. The zero-order valence-electron chi connectivity index (χ0n) is 19.7. The molecule has 2 fully saturated rings. The highest BCUT2D eigenvalue weighted by Crippen LogP contribution is 2.39. The van der Waals surface area contributed by atoms with Crippen LogP contribution in [-0.2, 0) is 9.53 Å². The van der Waals surface area contributed by atoms with Gasteiger partial charge in [0.05, 0.1) is 19.1 Å². The van der Waals surface area contributed by atoms with Crippen LogP contribution in [0.15, 0.2) is 36.4 Å². The molecule has 0 aromatic heterocycles. The predicted molar refractivity (Wildman–Crippen MR) is 125 cm³/mol. The van der Waals surface area contributed by atoms with Crippen molar-refractivity contribution < 1.29 is 14.3 Å². The maximum absolute atomic E-state index is 11.6. The van der Waals surface area contributed by atoms with Gasteiger partial charge in [0.1, 0.15) is 5.75 Å². The molecule has 1 aliphatic heterocycles. The third-order valence-corrected chi connectivity index (χ3v) is 7.51. The average molecular weight is 424 g/mol. The van der Waals surface area contributed by atoms with Gasteiger partial charge in [0.25, 0.3) is 0 Å². The van der Waals surface area contributed by atoms with Crippen LogP contribution in [0.5, 0.6) is 5.75 Å². The summed E-state index contributed by atoms with van der Waals surface area (Å²) >= 11 is 0.